The number of hydrogen-bond acceptors (Lipinski definition) is 3. The molecule has 0 radical (unpaired) electrons. The van der Waals surface area contributed by atoms with E-state index in [1.54, 1.807) is 12.1 Å². The van der Waals surface area contributed by atoms with Crippen LogP contribution < -0.4 is 10.1 Å². The third-order valence-corrected chi connectivity index (χ3v) is 3.41. The molecule has 1 N–H and O–H groups in total. The van der Waals surface area contributed by atoms with Gasteiger partial charge in [0.2, 0.25) is 0 Å². The Balaban J connectivity index is 1.97. The Kier molecular flexibility index (Phi) is 3.88. The highest BCUT2D eigenvalue weighted by Crippen LogP contribution is 2.27. The fourth-order valence-corrected chi connectivity index (χ4v) is 2.05. The van der Waals surface area contributed by atoms with Crippen LogP contribution in [-0.4, -0.2) is 26.9 Å². The summed E-state index contributed by atoms with van der Waals surface area (Å²) in [6.45, 7) is 6.52. The van der Waals surface area contributed by atoms with Gasteiger partial charge in [-0.3, -0.25) is 0 Å². The first-order valence-corrected chi connectivity index (χ1v) is 6.19. The van der Waals surface area contributed by atoms with Crippen LogP contribution in [0.4, 0.5) is 4.39 Å². The molecule has 0 spiro atoms. The molecule has 1 aromatic carbocycles. The quantitative estimate of drug-likeness (QED) is 0.874. The predicted molar refractivity (Wildman–Crippen MR) is 68.3 cm³/mol. The maximum absolute atomic E-state index is 13.9. The van der Waals surface area contributed by atoms with Gasteiger partial charge in [-0.25, -0.2) is 4.39 Å². The molecule has 0 bridgehead atoms. The van der Waals surface area contributed by atoms with Gasteiger partial charge in [0.15, 0.2) is 0 Å². The van der Waals surface area contributed by atoms with E-state index >= 15 is 0 Å². The van der Waals surface area contributed by atoms with Crippen molar-refractivity contribution in [1.82, 2.24) is 5.32 Å². The fraction of sp³-hybridized carbons (Fsp3) is 0.571. The highest BCUT2D eigenvalue weighted by Gasteiger charge is 2.33. The second-order valence-corrected chi connectivity index (χ2v) is 5.29. The van der Waals surface area contributed by atoms with Gasteiger partial charge in [0.1, 0.15) is 11.6 Å². The Morgan fingerprint density at radius 1 is 1.50 bits per heavy atom. The van der Waals surface area contributed by atoms with E-state index in [4.69, 9.17) is 9.47 Å². The van der Waals surface area contributed by atoms with Gasteiger partial charge in [0, 0.05) is 29.6 Å². The monoisotopic (exact) mass is 253 g/mol. The first kappa shape index (κ1) is 13.3. The first-order valence-electron chi connectivity index (χ1n) is 6.19. The highest BCUT2D eigenvalue weighted by molar-refractivity contribution is 5.30. The van der Waals surface area contributed by atoms with Gasteiger partial charge in [-0.2, -0.15) is 0 Å². The van der Waals surface area contributed by atoms with Crippen LogP contribution in [0.25, 0.3) is 0 Å². The molecule has 0 amide bonds. The van der Waals surface area contributed by atoms with E-state index in [0.717, 1.165) is 19.8 Å². The minimum atomic E-state index is -0.232. The van der Waals surface area contributed by atoms with E-state index in [2.05, 4.69) is 12.2 Å². The summed E-state index contributed by atoms with van der Waals surface area (Å²) in [5.74, 6) is 0.312. The van der Waals surface area contributed by atoms with E-state index in [-0.39, 0.29) is 17.3 Å². The Morgan fingerprint density at radius 3 is 2.72 bits per heavy atom. The van der Waals surface area contributed by atoms with Crippen molar-refractivity contribution in [2.45, 2.75) is 19.9 Å². The number of halogens is 1. The Labute approximate surface area is 107 Å². The maximum Gasteiger partial charge on any atom is 0.131 e. The molecule has 1 aliphatic rings. The zero-order valence-electron chi connectivity index (χ0n) is 11.1. The van der Waals surface area contributed by atoms with Crippen LogP contribution in [0.2, 0.25) is 0 Å². The second kappa shape index (κ2) is 5.24. The van der Waals surface area contributed by atoms with Gasteiger partial charge < -0.3 is 14.8 Å². The molecule has 0 aromatic heterocycles. The lowest BCUT2D eigenvalue weighted by Gasteiger charge is -2.39. The van der Waals surface area contributed by atoms with Crippen LogP contribution in [0.1, 0.15) is 25.5 Å². The largest absolute Gasteiger partial charge is 0.497 e. The van der Waals surface area contributed by atoms with Gasteiger partial charge in [0.05, 0.1) is 20.3 Å². The molecule has 2 rings (SSSR count). The Morgan fingerprint density at radius 2 is 2.22 bits per heavy atom. The molecule has 0 saturated carbocycles. The molecule has 100 valence electrons. The number of hydrogen-bond donors (Lipinski definition) is 1. The topological polar surface area (TPSA) is 30.5 Å². The third-order valence-electron chi connectivity index (χ3n) is 3.41. The lowest BCUT2D eigenvalue weighted by Crippen LogP contribution is -2.47. The number of methoxy groups -OCH3 is 1. The molecule has 18 heavy (non-hydrogen) atoms. The maximum atomic E-state index is 13.9. The number of ether oxygens (including phenoxy) is 2. The van der Waals surface area contributed by atoms with Crippen molar-refractivity contribution < 1.29 is 13.9 Å². The number of benzene rings is 1. The lowest BCUT2D eigenvalue weighted by molar-refractivity contribution is -0.0999. The van der Waals surface area contributed by atoms with Crippen molar-refractivity contribution >= 4 is 0 Å². The third kappa shape index (κ3) is 2.82. The van der Waals surface area contributed by atoms with Crippen molar-refractivity contribution in [2.75, 3.05) is 26.9 Å². The van der Waals surface area contributed by atoms with Crippen molar-refractivity contribution in [1.29, 1.82) is 0 Å². The summed E-state index contributed by atoms with van der Waals surface area (Å²) in [6.07, 6.45) is 0. The summed E-state index contributed by atoms with van der Waals surface area (Å²) in [5, 5.41) is 3.36. The van der Waals surface area contributed by atoms with Crippen LogP contribution in [0.5, 0.6) is 5.75 Å². The normalized spacial score (nSPS) is 19.1. The molecule has 0 aliphatic carbocycles. The van der Waals surface area contributed by atoms with Crippen LogP contribution in [-0.2, 0) is 4.74 Å². The van der Waals surface area contributed by atoms with Gasteiger partial charge >= 0.3 is 0 Å². The molecular formula is C14H20FNO2. The minimum Gasteiger partial charge on any atom is -0.497 e. The Hall–Kier alpha value is -1.13. The summed E-state index contributed by atoms with van der Waals surface area (Å²) < 4.78 is 24.1. The predicted octanol–water partition coefficient (Wildman–Crippen LogP) is 2.52. The summed E-state index contributed by atoms with van der Waals surface area (Å²) in [4.78, 5) is 0. The van der Waals surface area contributed by atoms with Gasteiger partial charge in [0.25, 0.3) is 0 Å². The van der Waals surface area contributed by atoms with E-state index in [9.17, 15) is 4.39 Å². The highest BCUT2D eigenvalue weighted by atomic mass is 19.1. The standard InChI is InChI=1S/C14H20FNO2/c1-10(16-7-14(2)8-18-9-14)12-5-4-11(17-3)6-13(12)15/h4-6,10,16H,7-9H2,1-3H3. The average Bonchev–Trinajstić information content (AvgIpc) is 2.33. The molecule has 4 heteroatoms. The molecule has 1 fully saturated rings. The van der Waals surface area contributed by atoms with Crippen molar-refractivity contribution in [3.63, 3.8) is 0 Å². The summed E-state index contributed by atoms with van der Waals surface area (Å²) in [5.41, 5.74) is 0.858. The van der Waals surface area contributed by atoms with Crippen molar-refractivity contribution in [3.05, 3.63) is 29.6 Å². The van der Waals surface area contributed by atoms with Gasteiger partial charge in [-0.15, -0.1) is 0 Å². The SMILES string of the molecule is COc1ccc(C(C)NCC2(C)COC2)c(F)c1. The van der Waals surface area contributed by atoms with E-state index in [0.29, 0.717) is 11.3 Å². The molecule has 1 unspecified atom stereocenters. The smallest absolute Gasteiger partial charge is 0.131 e. The molecule has 1 aliphatic heterocycles. The van der Waals surface area contributed by atoms with E-state index in [1.807, 2.05) is 6.92 Å². The van der Waals surface area contributed by atoms with Crippen LogP contribution in [0, 0.1) is 11.2 Å². The molecule has 3 nitrogen and oxygen atoms in total. The molecular weight excluding hydrogens is 233 g/mol. The van der Waals surface area contributed by atoms with Gasteiger partial charge in [-0.1, -0.05) is 13.0 Å². The van der Waals surface area contributed by atoms with Gasteiger partial charge in [-0.05, 0) is 13.0 Å². The minimum absolute atomic E-state index is 0.0201. The van der Waals surface area contributed by atoms with E-state index < -0.39 is 0 Å². The second-order valence-electron chi connectivity index (χ2n) is 5.29. The van der Waals surface area contributed by atoms with E-state index in [1.165, 1.54) is 13.2 Å². The summed E-state index contributed by atoms with van der Waals surface area (Å²) in [7, 11) is 1.54. The summed E-state index contributed by atoms with van der Waals surface area (Å²) in [6, 6.07) is 4.95. The lowest BCUT2D eigenvalue weighted by atomic mass is 9.88. The fourth-order valence-electron chi connectivity index (χ4n) is 2.05. The zero-order valence-corrected chi connectivity index (χ0v) is 11.1. The summed E-state index contributed by atoms with van der Waals surface area (Å²) >= 11 is 0. The molecule has 1 heterocycles. The van der Waals surface area contributed by atoms with Crippen LogP contribution in [0.3, 0.4) is 0 Å². The Bertz CT molecular complexity index is 418. The number of nitrogens with one attached hydrogen (secondary N) is 1. The molecule has 1 aromatic rings. The van der Waals surface area contributed by atoms with Crippen LogP contribution in [0.15, 0.2) is 18.2 Å². The average molecular weight is 253 g/mol. The van der Waals surface area contributed by atoms with Crippen molar-refractivity contribution in [3.8, 4) is 5.75 Å². The van der Waals surface area contributed by atoms with Crippen molar-refractivity contribution in [2.24, 2.45) is 5.41 Å². The number of rotatable bonds is 5. The first-order chi connectivity index (χ1) is 8.54. The molecule has 1 saturated heterocycles. The zero-order chi connectivity index (χ0) is 13.2. The van der Waals surface area contributed by atoms with Crippen LogP contribution >= 0.6 is 0 Å². The molecule has 1 atom stereocenters.